The van der Waals surface area contributed by atoms with E-state index in [0.29, 0.717) is 42.4 Å². The molecule has 1 fully saturated rings. The van der Waals surface area contributed by atoms with E-state index in [1.54, 1.807) is 62.4 Å². The van der Waals surface area contributed by atoms with Crippen LogP contribution in [0.4, 0.5) is 0 Å². The van der Waals surface area contributed by atoms with Gasteiger partial charge in [0.05, 0.1) is 27.2 Å². The molecule has 1 aliphatic rings. The largest absolute Gasteiger partial charge is 0.497 e. The lowest BCUT2D eigenvalue weighted by Crippen LogP contribution is -2.37. The van der Waals surface area contributed by atoms with E-state index >= 15 is 0 Å². The molecule has 1 heterocycles. The Balaban J connectivity index is 1.96. The summed E-state index contributed by atoms with van der Waals surface area (Å²) < 4.78 is 16.2. The van der Waals surface area contributed by atoms with Gasteiger partial charge in [0, 0.05) is 43.7 Å². The highest BCUT2D eigenvalue weighted by Crippen LogP contribution is 2.40. The highest BCUT2D eigenvalue weighted by atomic mass is 16.5. The average Bonchev–Trinajstić information content (AvgIpc) is 3.27. The number of benzene rings is 2. The summed E-state index contributed by atoms with van der Waals surface area (Å²) in [5.41, 5.74) is 1.43. The SMILES string of the molecule is CCN(C)C(=O)C1CN(C(=O)c2ccc(OC)cc2)CC1c1cc(OC)ccc1OC. The number of hydrogen-bond donors (Lipinski definition) is 0. The van der Waals surface area contributed by atoms with E-state index in [1.807, 2.05) is 25.1 Å². The smallest absolute Gasteiger partial charge is 0.253 e. The molecule has 0 aromatic heterocycles. The van der Waals surface area contributed by atoms with Gasteiger partial charge in [0.1, 0.15) is 17.2 Å². The molecule has 1 saturated heterocycles. The van der Waals surface area contributed by atoms with Crippen molar-refractivity contribution in [3.8, 4) is 17.2 Å². The minimum Gasteiger partial charge on any atom is -0.497 e. The molecule has 0 bridgehead atoms. The zero-order valence-corrected chi connectivity index (χ0v) is 18.8. The van der Waals surface area contributed by atoms with Crippen molar-refractivity contribution in [2.24, 2.45) is 5.92 Å². The lowest BCUT2D eigenvalue weighted by Gasteiger charge is -2.24. The molecule has 7 heteroatoms. The Labute approximate surface area is 183 Å². The van der Waals surface area contributed by atoms with E-state index in [9.17, 15) is 9.59 Å². The Hall–Kier alpha value is -3.22. The van der Waals surface area contributed by atoms with Crippen molar-refractivity contribution in [3.05, 3.63) is 53.6 Å². The number of likely N-dealkylation sites (tertiary alicyclic amines) is 1. The van der Waals surface area contributed by atoms with Gasteiger partial charge in [0.25, 0.3) is 5.91 Å². The Morgan fingerprint density at radius 2 is 1.61 bits per heavy atom. The van der Waals surface area contributed by atoms with Crippen LogP contribution in [0, 0.1) is 5.92 Å². The average molecular weight is 427 g/mol. The van der Waals surface area contributed by atoms with E-state index in [2.05, 4.69) is 0 Å². The summed E-state index contributed by atoms with van der Waals surface area (Å²) in [6.07, 6.45) is 0. The maximum atomic E-state index is 13.2. The molecule has 0 radical (unpaired) electrons. The topological polar surface area (TPSA) is 68.3 Å². The van der Waals surface area contributed by atoms with Crippen LogP contribution in [0.25, 0.3) is 0 Å². The third-order valence-electron chi connectivity index (χ3n) is 5.95. The van der Waals surface area contributed by atoms with Crippen molar-refractivity contribution in [1.29, 1.82) is 0 Å². The van der Waals surface area contributed by atoms with E-state index in [-0.39, 0.29) is 23.7 Å². The second-order valence-electron chi connectivity index (χ2n) is 7.61. The molecule has 31 heavy (non-hydrogen) atoms. The molecule has 2 aromatic carbocycles. The predicted molar refractivity (Wildman–Crippen MR) is 118 cm³/mol. The van der Waals surface area contributed by atoms with Crippen LogP contribution in [0.15, 0.2) is 42.5 Å². The first kappa shape index (κ1) is 22.5. The first-order valence-electron chi connectivity index (χ1n) is 10.3. The Morgan fingerprint density at radius 1 is 0.968 bits per heavy atom. The number of carbonyl (C=O) groups is 2. The van der Waals surface area contributed by atoms with Crippen LogP contribution >= 0.6 is 0 Å². The van der Waals surface area contributed by atoms with Gasteiger partial charge in [-0.25, -0.2) is 0 Å². The maximum absolute atomic E-state index is 13.2. The fraction of sp³-hybridized carbons (Fsp3) is 0.417. The molecule has 0 N–H and O–H groups in total. The summed E-state index contributed by atoms with van der Waals surface area (Å²) in [6.45, 7) is 3.30. The second-order valence-corrected chi connectivity index (χ2v) is 7.61. The fourth-order valence-corrected chi connectivity index (χ4v) is 4.02. The van der Waals surface area contributed by atoms with Crippen molar-refractivity contribution in [2.45, 2.75) is 12.8 Å². The van der Waals surface area contributed by atoms with E-state index in [1.165, 1.54) is 0 Å². The fourth-order valence-electron chi connectivity index (χ4n) is 4.02. The number of rotatable bonds is 7. The van der Waals surface area contributed by atoms with Gasteiger partial charge in [-0.2, -0.15) is 0 Å². The molecular weight excluding hydrogens is 396 g/mol. The molecule has 0 saturated carbocycles. The van der Waals surface area contributed by atoms with Crippen LogP contribution in [0.5, 0.6) is 17.2 Å². The van der Waals surface area contributed by atoms with Gasteiger partial charge in [-0.3, -0.25) is 9.59 Å². The van der Waals surface area contributed by atoms with E-state index in [4.69, 9.17) is 14.2 Å². The molecule has 0 spiro atoms. The van der Waals surface area contributed by atoms with Gasteiger partial charge < -0.3 is 24.0 Å². The van der Waals surface area contributed by atoms with Crippen LogP contribution in [-0.4, -0.2) is 69.6 Å². The Bertz CT molecular complexity index is 928. The van der Waals surface area contributed by atoms with Crippen molar-refractivity contribution in [1.82, 2.24) is 9.80 Å². The molecule has 2 amide bonds. The number of methoxy groups -OCH3 is 3. The van der Waals surface area contributed by atoms with Crippen LogP contribution in [-0.2, 0) is 4.79 Å². The van der Waals surface area contributed by atoms with Gasteiger partial charge in [-0.05, 0) is 49.4 Å². The third kappa shape index (κ3) is 4.60. The van der Waals surface area contributed by atoms with Crippen LogP contribution in [0.1, 0.15) is 28.8 Å². The minimum atomic E-state index is -0.367. The normalized spacial score (nSPS) is 17.9. The first-order valence-corrected chi connectivity index (χ1v) is 10.3. The summed E-state index contributed by atoms with van der Waals surface area (Å²) in [6, 6.07) is 12.6. The monoisotopic (exact) mass is 426 g/mol. The first-order chi connectivity index (χ1) is 14.9. The Kier molecular flexibility index (Phi) is 7.05. The van der Waals surface area contributed by atoms with Crippen molar-refractivity contribution in [2.75, 3.05) is 48.0 Å². The minimum absolute atomic E-state index is 0.0161. The van der Waals surface area contributed by atoms with Crippen molar-refractivity contribution in [3.63, 3.8) is 0 Å². The highest BCUT2D eigenvalue weighted by molar-refractivity contribution is 5.95. The standard InChI is InChI=1S/C24H30N2O5/c1-6-25(2)24(28)21-15-26(23(27)16-7-9-17(29-3)10-8-16)14-20(21)19-13-18(30-4)11-12-22(19)31-5/h7-13,20-21H,6,14-15H2,1-5H3. The maximum Gasteiger partial charge on any atom is 0.253 e. The second kappa shape index (κ2) is 9.73. The molecule has 2 unspecified atom stereocenters. The number of amides is 2. The van der Waals surface area contributed by atoms with Gasteiger partial charge in [-0.1, -0.05) is 0 Å². The quantitative estimate of drug-likeness (QED) is 0.681. The molecule has 7 nitrogen and oxygen atoms in total. The zero-order chi connectivity index (χ0) is 22.5. The van der Waals surface area contributed by atoms with Crippen LogP contribution in [0.3, 0.4) is 0 Å². The highest BCUT2D eigenvalue weighted by Gasteiger charge is 2.42. The molecule has 1 aliphatic heterocycles. The van der Waals surface area contributed by atoms with E-state index < -0.39 is 0 Å². The summed E-state index contributed by atoms with van der Waals surface area (Å²) in [4.78, 5) is 29.9. The van der Waals surface area contributed by atoms with Gasteiger partial charge in [-0.15, -0.1) is 0 Å². The molecule has 2 atom stereocenters. The summed E-state index contributed by atoms with van der Waals surface area (Å²) in [5.74, 6) is 1.40. The lowest BCUT2D eigenvalue weighted by molar-refractivity contribution is -0.133. The molecular formula is C24H30N2O5. The molecule has 0 aliphatic carbocycles. The van der Waals surface area contributed by atoms with Crippen molar-refractivity contribution >= 4 is 11.8 Å². The van der Waals surface area contributed by atoms with Gasteiger partial charge in [0.15, 0.2) is 0 Å². The Morgan fingerprint density at radius 3 is 2.19 bits per heavy atom. The number of ether oxygens (including phenoxy) is 3. The van der Waals surface area contributed by atoms with Gasteiger partial charge in [0.2, 0.25) is 5.91 Å². The molecule has 3 rings (SSSR count). The lowest BCUT2D eigenvalue weighted by atomic mass is 9.87. The van der Waals surface area contributed by atoms with E-state index in [0.717, 1.165) is 5.56 Å². The summed E-state index contributed by atoms with van der Waals surface area (Å²) in [7, 11) is 6.59. The van der Waals surface area contributed by atoms with Crippen molar-refractivity contribution < 1.29 is 23.8 Å². The molecule has 166 valence electrons. The molecule has 2 aromatic rings. The van der Waals surface area contributed by atoms with Crippen LogP contribution < -0.4 is 14.2 Å². The third-order valence-corrected chi connectivity index (χ3v) is 5.95. The summed E-state index contributed by atoms with van der Waals surface area (Å²) >= 11 is 0. The zero-order valence-electron chi connectivity index (χ0n) is 18.8. The predicted octanol–water partition coefficient (Wildman–Crippen LogP) is 3.05. The number of hydrogen-bond acceptors (Lipinski definition) is 5. The summed E-state index contributed by atoms with van der Waals surface area (Å²) in [5, 5.41) is 0. The van der Waals surface area contributed by atoms with Gasteiger partial charge >= 0.3 is 0 Å². The van der Waals surface area contributed by atoms with Crippen LogP contribution in [0.2, 0.25) is 0 Å². The number of nitrogens with zero attached hydrogens (tertiary/aromatic N) is 2. The number of carbonyl (C=O) groups excluding carboxylic acids is 2.